The molecule has 2 aromatic carbocycles. The van der Waals surface area contributed by atoms with Gasteiger partial charge in [0.05, 0.1) is 30.0 Å². The normalized spacial score (nSPS) is 25.0. The molecule has 1 amide bonds. The summed E-state index contributed by atoms with van der Waals surface area (Å²) in [7, 11) is 0. The first kappa shape index (κ1) is 25.5. The summed E-state index contributed by atoms with van der Waals surface area (Å²) in [5, 5.41) is 21.7. The van der Waals surface area contributed by atoms with E-state index in [9.17, 15) is 19.8 Å². The van der Waals surface area contributed by atoms with E-state index < -0.39 is 29.6 Å². The van der Waals surface area contributed by atoms with E-state index in [0.717, 1.165) is 11.1 Å². The van der Waals surface area contributed by atoms with Crippen molar-refractivity contribution >= 4 is 35.1 Å². The molecule has 178 valence electrons. The Bertz CT molecular complexity index is 996. The summed E-state index contributed by atoms with van der Waals surface area (Å²) in [4.78, 5) is 27.5. The summed E-state index contributed by atoms with van der Waals surface area (Å²) in [6.07, 6.45) is 0.344. The number of benzene rings is 2. The highest BCUT2D eigenvalue weighted by atomic mass is 35.5. The van der Waals surface area contributed by atoms with Gasteiger partial charge in [0, 0.05) is 16.0 Å². The monoisotopic (exact) mass is 491 g/mol. The average molecular weight is 492 g/mol. The largest absolute Gasteiger partial charge is 0.481 e. The van der Waals surface area contributed by atoms with Crippen LogP contribution in [0.2, 0.25) is 10.0 Å². The number of aliphatic hydroxyl groups excluding tert-OH is 1. The van der Waals surface area contributed by atoms with Crippen molar-refractivity contribution in [2.45, 2.75) is 70.6 Å². The van der Waals surface area contributed by atoms with Crippen LogP contribution in [0.4, 0.5) is 0 Å². The van der Waals surface area contributed by atoms with Gasteiger partial charge in [-0.15, -0.1) is 0 Å². The molecule has 2 N–H and O–H groups in total. The number of rotatable bonds is 8. The van der Waals surface area contributed by atoms with Crippen LogP contribution in [-0.2, 0) is 9.59 Å². The molecule has 7 heteroatoms. The van der Waals surface area contributed by atoms with Gasteiger partial charge in [0.1, 0.15) is 0 Å². The Morgan fingerprint density at radius 1 is 1.09 bits per heavy atom. The van der Waals surface area contributed by atoms with Crippen LogP contribution in [-0.4, -0.2) is 39.1 Å². The van der Waals surface area contributed by atoms with Gasteiger partial charge in [-0.3, -0.25) is 9.59 Å². The maximum atomic E-state index is 14.0. The number of carboxylic acid groups (broad SMARTS) is 1. The minimum Gasteiger partial charge on any atom is -0.481 e. The maximum Gasteiger partial charge on any atom is 0.304 e. The third kappa shape index (κ3) is 5.37. The van der Waals surface area contributed by atoms with Gasteiger partial charge >= 0.3 is 5.97 Å². The van der Waals surface area contributed by atoms with Crippen molar-refractivity contribution < 1.29 is 19.8 Å². The number of hydrogen-bond donors (Lipinski definition) is 2. The Balaban J connectivity index is 2.25. The third-order valence-corrected chi connectivity index (χ3v) is 7.26. The molecule has 1 saturated heterocycles. The van der Waals surface area contributed by atoms with Crippen molar-refractivity contribution in [1.29, 1.82) is 0 Å². The zero-order valence-electron chi connectivity index (χ0n) is 19.2. The second kappa shape index (κ2) is 10.5. The molecule has 5 atom stereocenters. The highest BCUT2D eigenvalue weighted by Gasteiger charge is 2.53. The van der Waals surface area contributed by atoms with Crippen molar-refractivity contribution in [2.75, 3.05) is 0 Å². The summed E-state index contributed by atoms with van der Waals surface area (Å²) < 4.78 is 0. The Morgan fingerprint density at radius 3 is 2.30 bits per heavy atom. The lowest BCUT2D eigenvalue weighted by molar-refractivity contribution is -0.163. The van der Waals surface area contributed by atoms with Crippen LogP contribution >= 0.6 is 23.2 Å². The quantitative estimate of drug-likeness (QED) is 0.468. The van der Waals surface area contributed by atoms with Crippen LogP contribution in [0.1, 0.15) is 69.5 Å². The maximum absolute atomic E-state index is 14.0. The number of carbonyl (C=O) groups excluding carboxylic acids is 1. The van der Waals surface area contributed by atoms with Gasteiger partial charge in [-0.2, -0.15) is 0 Å². The van der Waals surface area contributed by atoms with Gasteiger partial charge in [-0.25, -0.2) is 0 Å². The summed E-state index contributed by atoms with van der Waals surface area (Å²) in [6.45, 7) is 5.54. The lowest BCUT2D eigenvalue weighted by Crippen LogP contribution is -2.58. The molecule has 1 heterocycles. The number of aliphatic hydroxyl groups is 1. The number of nitrogens with zero attached hydrogens (tertiary/aromatic N) is 1. The highest BCUT2D eigenvalue weighted by molar-refractivity contribution is 6.30. The smallest absolute Gasteiger partial charge is 0.304 e. The lowest BCUT2D eigenvalue weighted by Gasteiger charge is -2.52. The molecule has 0 spiro atoms. The van der Waals surface area contributed by atoms with E-state index in [1.807, 2.05) is 44.2 Å². The SMILES string of the molecule is CCC([C@@H](O)CC)N1C(=O)[C@@](C)(CC(=O)O)C[C@H](c2cccc(Cl)c2)C1c1ccc(Cl)cc1. The van der Waals surface area contributed by atoms with E-state index in [4.69, 9.17) is 23.2 Å². The standard InChI is InChI=1S/C26H31Cl2NO4/c1-4-21(22(30)5-2)29-24(16-9-11-18(27)12-10-16)20(17-7-6-8-19(28)13-17)14-26(3,25(29)33)15-23(31)32/h6-13,20-22,24,30H,4-5,14-15H2,1-3H3,(H,31,32)/t20-,21?,22+,24?,26-/m1/s1. The Labute approximate surface area is 205 Å². The number of aliphatic carboxylic acids is 1. The predicted molar refractivity (Wildman–Crippen MR) is 131 cm³/mol. The first-order chi connectivity index (χ1) is 15.6. The molecule has 2 aromatic rings. The van der Waals surface area contributed by atoms with Gasteiger partial charge < -0.3 is 15.1 Å². The van der Waals surface area contributed by atoms with Gasteiger partial charge in [0.2, 0.25) is 5.91 Å². The minimum atomic E-state index is -1.12. The molecule has 33 heavy (non-hydrogen) atoms. The molecule has 2 unspecified atom stereocenters. The van der Waals surface area contributed by atoms with Gasteiger partial charge in [0.15, 0.2) is 0 Å². The molecule has 1 aliphatic rings. The van der Waals surface area contributed by atoms with E-state index in [0.29, 0.717) is 29.3 Å². The summed E-state index contributed by atoms with van der Waals surface area (Å²) in [5.74, 6) is -1.49. The third-order valence-electron chi connectivity index (χ3n) is 6.77. The Morgan fingerprint density at radius 2 is 1.76 bits per heavy atom. The second-order valence-corrected chi connectivity index (χ2v) is 10.0. The molecule has 3 rings (SSSR count). The number of likely N-dealkylation sites (tertiary alicyclic amines) is 1. The van der Waals surface area contributed by atoms with E-state index in [1.54, 1.807) is 30.0 Å². The molecule has 0 saturated carbocycles. The van der Waals surface area contributed by atoms with Gasteiger partial charge in [0.25, 0.3) is 0 Å². The zero-order valence-corrected chi connectivity index (χ0v) is 20.7. The van der Waals surface area contributed by atoms with Crippen LogP contribution in [0.5, 0.6) is 0 Å². The number of hydrogen-bond acceptors (Lipinski definition) is 3. The molecule has 1 fully saturated rings. The minimum absolute atomic E-state index is 0.218. The van der Waals surface area contributed by atoms with Crippen LogP contribution in [0, 0.1) is 5.41 Å². The van der Waals surface area contributed by atoms with Crippen molar-refractivity contribution in [3.63, 3.8) is 0 Å². The number of carboxylic acids is 1. The van der Waals surface area contributed by atoms with Crippen LogP contribution in [0.15, 0.2) is 48.5 Å². The molecule has 0 radical (unpaired) electrons. The predicted octanol–water partition coefficient (Wildman–Crippen LogP) is 6.08. The first-order valence-electron chi connectivity index (χ1n) is 11.3. The van der Waals surface area contributed by atoms with Gasteiger partial charge in [-0.05, 0) is 54.7 Å². The van der Waals surface area contributed by atoms with Gasteiger partial charge in [-0.1, -0.05) is 68.2 Å². The molecule has 5 nitrogen and oxygen atoms in total. The molecule has 0 aromatic heterocycles. The van der Waals surface area contributed by atoms with Crippen LogP contribution in [0.3, 0.4) is 0 Å². The number of carbonyl (C=O) groups is 2. The average Bonchev–Trinajstić information content (AvgIpc) is 2.77. The highest BCUT2D eigenvalue weighted by Crippen LogP contribution is 2.52. The molecular formula is C26H31Cl2NO4. The van der Waals surface area contributed by atoms with Crippen LogP contribution in [0.25, 0.3) is 0 Å². The van der Waals surface area contributed by atoms with E-state index >= 15 is 0 Å². The number of piperidine rings is 1. The fourth-order valence-corrected chi connectivity index (χ4v) is 5.50. The van der Waals surface area contributed by atoms with Crippen molar-refractivity contribution in [3.05, 3.63) is 69.7 Å². The summed E-state index contributed by atoms with van der Waals surface area (Å²) in [6, 6.07) is 14.0. The second-order valence-electron chi connectivity index (χ2n) is 9.16. The van der Waals surface area contributed by atoms with Crippen molar-refractivity contribution in [3.8, 4) is 0 Å². The van der Waals surface area contributed by atoms with E-state index in [2.05, 4.69) is 0 Å². The van der Waals surface area contributed by atoms with Crippen LogP contribution < -0.4 is 0 Å². The summed E-state index contributed by atoms with van der Waals surface area (Å²) in [5.41, 5.74) is 0.692. The first-order valence-corrected chi connectivity index (χ1v) is 12.1. The molecule has 0 bridgehead atoms. The fourth-order valence-electron chi connectivity index (χ4n) is 5.17. The van der Waals surface area contributed by atoms with E-state index in [1.165, 1.54) is 0 Å². The summed E-state index contributed by atoms with van der Waals surface area (Å²) >= 11 is 12.5. The fraction of sp³-hybridized carbons (Fsp3) is 0.462. The molecule has 0 aliphatic carbocycles. The Hall–Kier alpha value is -2.08. The Kier molecular flexibility index (Phi) is 8.09. The van der Waals surface area contributed by atoms with Crippen molar-refractivity contribution in [2.24, 2.45) is 5.41 Å². The topological polar surface area (TPSA) is 77.8 Å². The van der Waals surface area contributed by atoms with Crippen molar-refractivity contribution in [1.82, 2.24) is 4.90 Å². The molecular weight excluding hydrogens is 461 g/mol. The lowest BCUT2D eigenvalue weighted by atomic mass is 9.66. The number of amides is 1. The van der Waals surface area contributed by atoms with E-state index in [-0.39, 0.29) is 18.2 Å². The number of halogens is 2. The molecule has 1 aliphatic heterocycles. The zero-order chi connectivity index (χ0) is 24.3.